The number of nitrogens with zero attached hydrogens (tertiary/aromatic N) is 1. The first-order chi connectivity index (χ1) is 27.1. The second-order valence-electron chi connectivity index (χ2n) is 16.1. The highest BCUT2D eigenvalue weighted by molar-refractivity contribution is 6.08. The average molecular weight is 781 g/mol. The van der Waals surface area contributed by atoms with Gasteiger partial charge in [-0.3, -0.25) is 9.59 Å². The Morgan fingerprint density at radius 3 is 1.88 bits per heavy atom. The number of ether oxygens (including phenoxy) is 5. The lowest BCUT2D eigenvalue weighted by molar-refractivity contribution is -0.0594. The average Bonchev–Trinajstić information content (AvgIpc) is 3.18. The number of hydrogen-bond donors (Lipinski definition) is 1. The molecule has 9 nitrogen and oxygen atoms in total. The summed E-state index contributed by atoms with van der Waals surface area (Å²) in [6, 6.07) is 21.6. The Morgan fingerprint density at radius 1 is 0.754 bits per heavy atom. The molecular formula is C48H64N2O7. The summed E-state index contributed by atoms with van der Waals surface area (Å²) in [5.41, 5.74) is 7.28. The second kappa shape index (κ2) is 19.9. The second-order valence-corrected chi connectivity index (χ2v) is 16.1. The van der Waals surface area contributed by atoms with E-state index in [1.807, 2.05) is 43.0 Å². The molecule has 0 spiro atoms. The van der Waals surface area contributed by atoms with Gasteiger partial charge in [0.15, 0.2) is 28.8 Å². The molecule has 0 aliphatic carbocycles. The normalized spacial score (nSPS) is 11.6. The van der Waals surface area contributed by atoms with Crippen LogP contribution < -0.4 is 29.2 Å². The van der Waals surface area contributed by atoms with E-state index in [1.54, 1.807) is 39.5 Å². The Hall–Kier alpha value is -5.02. The maximum atomic E-state index is 14.0. The van der Waals surface area contributed by atoms with Gasteiger partial charge in [0, 0.05) is 42.2 Å². The summed E-state index contributed by atoms with van der Waals surface area (Å²) in [7, 11) is 4.93. The lowest BCUT2D eigenvalue weighted by Gasteiger charge is -2.32. The molecule has 0 saturated carbocycles. The van der Waals surface area contributed by atoms with Crippen LogP contribution in [0, 0.1) is 12.3 Å². The van der Waals surface area contributed by atoms with E-state index < -0.39 is 0 Å². The molecule has 4 aromatic carbocycles. The quantitative estimate of drug-likeness (QED) is 0.0835. The van der Waals surface area contributed by atoms with Crippen LogP contribution in [-0.4, -0.2) is 51.7 Å². The van der Waals surface area contributed by atoms with Crippen molar-refractivity contribution in [2.45, 2.75) is 107 Å². The number of anilines is 2. The number of methoxy groups -OCH3 is 2. The van der Waals surface area contributed by atoms with E-state index >= 15 is 0 Å². The van der Waals surface area contributed by atoms with E-state index in [0.717, 1.165) is 59.2 Å². The predicted octanol–water partition coefficient (Wildman–Crippen LogP) is 10.8. The number of carbonyl (C=O) groups is 2. The third-order valence-corrected chi connectivity index (χ3v) is 10.2. The van der Waals surface area contributed by atoms with E-state index in [4.69, 9.17) is 23.7 Å². The maximum absolute atomic E-state index is 14.0. The number of hydrogen-bond acceptors (Lipinski definition) is 8. The van der Waals surface area contributed by atoms with Gasteiger partial charge in [-0.1, -0.05) is 64.4 Å². The summed E-state index contributed by atoms with van der Waals surface area (Å²) in [6.45, 7) is 20.1. The fourth-order valence-corrected chi connectivity index (χ4v) is 7.24. The molecule has 0 aliphatic rings. The van der Waals surface area contributed by atoms with Crippen molar-refractivity contribution in [3.8, 4) is 23.0 Å². The molecule has 0 heterocycles. The largest absolute Gasteiger partial charge is 0.493 e. The van der Waals surface area contributed by atoms with E-state index in [2.05, 4.69) is 71.1 Å². The number of nitrogens with one attached hydrogen (secondary N) is 1. The van der Waals surface area contributed by atoms with Crippen LogP contribution in [0.2, 0.25) is 0 Å². The van der Waals surface area contributed by atoms with Gasteiger partial charge in [-0.25, -0.2) is 0 Å². The molecule has 0 saturated heterocycles. The zero-order valence-corrected chi connectivity index (χ0v) is 36.3. The van der Waals surface area contributed by atoms with Crippen molar-refractivity contribution in [2.24, 2.45) is 5.41 Å². The van der Waals surface area contributed by atoms with Crippen LogP contribution in [-0.2, 0) is 30.8 Å². The Morgan fingerprint density at radius 2 is 1.33 bits per heavy atom. The standard InChI is InChI=1S/C48H64N2O7/c1-13-20-48(8,9)57-31-47(6,7)28-34-22-35(24-36(23-34)30-56-45-27-40(49-10)39(33(5)51)26-43(45)54-12)29-55-44-21-32(4)38(25-42(44)53-11)46(52)50(15-3)41-19-17-16-18-37(41)14-2/h16-19,21-27,49H,13-15,20,28-31H2,1-12H3. The summed E-state index contributed by atoms with van der Waals surface area (Å²) in [6.07, 6.45) is 3.65. The lowest BCUT2D eigenvalue weighted by Crippen LogP contribution is -2.32. The number of para-hydroxylation sites is 1. The fourth-order valence-electron chi connectivity index (χ4n) is 7.24. The topological polar surface area (TPSA) is 95.6 Å². The van der Waals surface area contributed by atoms with E-state index in [9.17, 15) is 9.59 Å². The van der Waals surface area contributed by atoms with Crippen molar-refractivity contribution in [3.63, 3.8) is 0 Å². The van der Waals surface area contributed by atoms with Gasteiger partial charge in [-0.2, -0.15) is 0 Å². The SMILES string of the molecule is CCCC(C)(C)OCC(C)(C)Cc1cc(COc2cc(C)c(C(=O)N(CC)c3ccccc3CC)cc2OC)cc(COc2cc(NC)c(C(C)=O)cc2OC)c1. The first-order valence-electron chi connectivity index (χ1n) is 20.1. The first-order valence-corrected chi connectivity index (χ1v) is 20.1. The zero-order chi connectivity index (χ0) is 41.9. The van der Waals surface area contributed by atoms with Gasteiger partial charge in [0.2, 0.25) is 0 Å². The Labute approximate surface area is 341 Å². The zero-order valence-electron chi connectivity index (χ0n) is 36.3. The van der Waals surface area contributed by atoms with Crippen molar-refractivity contribution < 1.29 is 33.3 Å². The van der Waals surface area contributed by atoms with Gasteiger partial charge in [0.05, 0.1) is 26.4 Å². The highest BCUT2D eigenvalue weighted by Gasteiger charge is 2.26. The van der Waals surface area contributed by atoms with Crippen molar-refractivity contribution in [3.05, 3.63) is 106 Å². The molecule has 1 amide bonds. The molecular weight excluding hydrogens is 717 g/mol. The van der Waals surface area contributed by atoms with Crippen LogP contribution in [0.15, 0.2) is 66.7 Å². The number of ketones is 1. The monoisotopic (exact) mass is 780 g/mol. The smallest absolute Gasteiger partial charge is 0.258 e. The molecule has 0 radical (unpaired) electrons. The summed E-state index contributed by atoms with van der Waals surface area (Å²) in [4.78, 5) is 28.1. The van der Waals surface area contributed by atoms with Gasteiger partial charge in [-0.15, -0.1) is 0 Å². The molecule has 0 aromatic heterocycles. The molecule has 0 aliphatic heterocycles. The van der Waals surface area contributed by atoms with E-state index in [1.165, 1.54) is 6.92 Å². The number of benzene rings is 4. The molecule has 9 heteroatoms. The van der Waals surface area contributed by atoms with Crippen LogP contribution in [0.3, 0.4) is 0 Å². The summed E-state index contributed by atoms with van der Waals surface area (Å²) >= 11 is 0. The van der Waals surface area contributed by atoms with Gasteiger partial charge in [0.1, 0.15) is 13.2 Å². The van der Waals surface area contributed by atoms with Crippen LogP contribution in [0.4, 0.5) is 11.4 Å². The number of amides is 1. The number of aryl methyl sites for hydroxylation is 2. The maximum Gasteiger partial charge on any atom is 0.258 e. The van der Waals surface area contributed by atoms with Crippen molar-refractivity contribution in [2.75, 3.05) is 44.6 Å². The third-order valence-electron chi connectivity index (χ3n) is 10.2. The van der Waals surface area contributed by atoms with Crippen molar-refractivity contribution >= 4 is 23.1 Å². The lowest BCUT2D eigenvalue weighted by atomic mass is 9.85. The first kappa shape index (κ1) is 44.7. The predicted molar refractivity (Wildman–Crippen MR) is 231 cm³/mol. The summed E-state index contributed by atoms with van der Waals surface area (Å²) in [5.74, 6) is 1.88. The van der Waals surface area contributed by atoms with Crippen LogP contribution >= 0.6 is 0 Å². The number of carbonyl (C=O) groups excluding carboxylic acids is 2. The highest BCUT2D eigenvalue weighted by atomic mass is 16.5. The van der Waals surface area contributed by atoms with Crippen molar-refractivity contribution in [1.29, 1.82) is 0 Å². The Kier molecular flexibility index (Phi) is 15.6. The fraction of sp³-hybridized carbons (Fsp3) is 0.458. The minimum atomic E-state index is -0.198. The van der Waals surface area contributed by atoms with E-state index in [-0.39, 0.29) is 35.9 Å². The molecule has 1 N–H and O–H groups in total. The number of rotatable bonds is 21. The Balaban J connectivity index is 1.65. The summed E-state index contributed by atoms with van der Waals surface area (Å²) in [5, 5.41) is 3.10. The minimum absolute atomic E-state index is 0.0695. The van der Waals surface area contributed by atoms with Gasteiger partial charge >= 0.3 is 0 Å². The molecule has 308 valence electrons. The molecule has 0 fully saturated rings. The van der Waals surface area contributed by atoms with Gasteiger partial charge in [-0.05, 0) is 117 Å². The van der Waals surface area contributed by atoms with Crippen molar-refractivity contribution in [1.82, 2.24) is 0 Å². The molecule has 57 heavy (non-hydrogen) atoms. The molecule has 0 atom stereocenters. The molecule has 0 unspecified atom stereocenters. The van der Waals surface area contributed by atoms with Crippen LogP contribution in [0.25, 0.3) is 0 Å². The minimum Gasteiger partial charge on any atom is -0.493 e. The third kappa shape index (κ3) is 11.8. The molecule has 4 aromatic rings. The molecule has 4 rings (SSSR count). The van der Waals surface area contributed by atoms with Gasteiger partial charge < -0.3 is 33.9 Å². The highest BCUT2D eigenvalue weighted by Crippen LogP contribution is 2.36. The Bertz CT molecular complexity index is 2000. The summed E-state index contributed by atoms with van der Waals surface area (Å²) < 4.78 is 30.7. The van der Waals surface area contributed by atoms with Crippen LogP contribution in [0.5, 0.6) is 23.0 Å². The number of Topliss-reactive ketones (excluding diaryl/α,β-unsaturated/α-hetero) is 1. The molecule has 0 bridgehead atoms. The van der Waals surface area contributed by atoms with E-state index in [0.29, 0.717) is 53.0 Å². The van der Waals surface area contributed by atoms with Crippen LogP contribution in [0.1, 0.15) is 117 Å². The van der Waals surface area contributed by atoms with Gasteiger partial charge in [0.25, 0.3) is 5.91 Å².